The SMILES string of the molecule is COc1ccc(CC(=O)NCC2CCC(c3[nH]nc4nccnc34)CC2)cc1OC. The number of methoxy groups -OCH3 is 2. The Hall–Kier alpha value is -3.16. The van der Waals surface area contributed by atoms with Crippen LogP contribution < -0.4 is 14.8 Å². The summed E-state index contributed by atoms with van der Waals surface area (Å²) in [4.78, 5) is 21.1. The van der Waals surface area contributed by atoms with E-state index < -0.39 is 0 Å². The van der Waals surface area contributed by atoms with Gasteiger partial charge in [-0.3, -0.25) is 9.89 Å². The molecule has 8 nitrogen and oxygen atoms in total. The molecule has 0 atom stereocenters. The van der Waals surface area contributed by atoms with E-state index in [0.29, 0.717) is 41.9 Å². The maximum absolute atomic E-state index is 12.4. The first kappa shape index (κ1) is 20.1. The fraction of sp³-hybridized carbons (Fsp3) is 0.455. The van der Waals surface area contributed by atoms with Crippen LogP contribution in [-0.2, 0) is 11.2 Å². The van der Waals surface area contributed by atoms with E-state index in [9.17, 15) is 4.79 Å². The van der Waals surface area contributed by atoms with Crippen molar-refractivity contribution in [3.63, 3.8) is 0 Å². The monoisotopic (exact) mass is 409 g/mol. The van der Waals surface area contributed by atoms with Gasteiger partial charge in [-0.1, -0.05) is 6.07 Å². The number of hydrogen-bond donors (Lipinski definition) is 2. The van der Waals surface area contributed by atoms with Gasteiger partial charge in [0.2, 0.25) is 5.91 Å². The highest BCUT2D eigenvalue weighted by molar-refractivity contribution is 5.78. The minimum Gasteiger partial charge on any atom is -0.493 e. The van der Waals surface area contributed by atoms with Crippen molar-refractivity contribution >= 4 is 17.1 Å². The third-order valence-electron chi connectivity index (χ3n) is 5.87. The van der Waals surface area contributed by atoms with E-state index in [1.807, 2.05) is 18.2 Å². The number of amides is 1. The third kappa shape index (κ3) is 4.37. The Labute approximate surface area is 175 Å². The summed E-state index contributed by atoms with van der Waals surface area (Å²) >= 11 is 0. The number of nitrogens with one attached hydrogen (secondary N) is 2. The van der Waals surface area contributed by atoms with Crippen LogP contribution in [0.1, 0.15) is 42.9 Å². The molecule has 0 spiro atoms. The van der Waals surface area contributed by atoms with Crippen LogP contribution in [0.4, 0.5) is 0 Å². The molecule has 1 fully saturated rings. The normalized spacial score (nSPS) is 18.9. The van der Waals surface area contributed by atoms with Crippen LogP contribution >= 0.6 is 0 Å². The van der Waals surface area contributed by atoms with Gasteiger partial charge >= 0.3 is 0 Å². The smallest absolute Gasteiger partial charge is 0.224 e. The molecular weight excluding hydrogens is 382 g/mol. The van der Waals surface area contributed by atoms with Gasteiger partial charge in [-0.05, 0) is 49.3 Å². The molecule has 2 heterocycles. The highest BCUT2D eigenvalue weighted by Crippen LogP contribution is 2.36. The number of nitrogens with zero attached hydrogens (tertiary/aromatic N) is 3. The first-order valence-corrected chi connectivity index (χ1v) is 10.3. The van der Waals surface area contributed by atoms with Gasteiger partial charge in [0.05, 0.1) is 26.3 Å². The van der Waals surface area contributed by atoms with E-state index in [-0.39, 0.29) is 5.91 Å². The molecule has 8 heteroatoms. The number of carbonyl (C=O) groups excluding carboxylic acids is 1. The van der Waals surface area contributed by atoms with E-state index >= 15 is 0 Å². The van der Waals surface area contributed by atoms with Crippen molar-refractivity contribution in [2.24, 2.45) is 5.92 Å². The minimum atomic E-state index is 0.0270. The Kier molecular flexibility index (Phi) is 6.11. The van der Waals surface area contributed by atoms with E-state index in [2.05, 4.69) is 25.5 Å². The average molecular weight is 409 g/mol. The lowest BCUT2D eigenvalue weighted by molar-refractivity contribution is -0.120. The number of hydrogen-bond acceptors (Lipinski definition) is 6. The van der Waals surface area contributed by atoms with E-state index in [4.69, 9.17) is 9.47 Å². The van der Waals surface area contributed by atoms with Crippen LogP contribution in [0.25, 0.3) is 11.2 Å². The Morgan fingerprint density at radius 3 is 2.63 bits per heavy atom. The Morgan fingerprint density at radius 1 is 1.10 bits per heavy atom. The summed E-state index contributed by atoms with van der Waals surface area (Å²) in [5.74, 6) is 2.24. The zero-order chi connectivity index (χ0) is 20.9. The van der Waals surface area contributed by atoms with Crippen molar-refractivity contribution in [2.75, 3.05) is 20.8 Å². The predicted octanol–water partition coefficient (Wildman–Crippen LogP) is 3.00. The number of carbonyl (C=O) groups is 1. The molecule has 1 aliphatic rings. The second kappa shape index (κ2) is 9.11. The average Bonchev–Trinajstić information content (AvgIpc) is 3.22. The first-order valence-electron chi connectivity index (χ1n) is 10.3. The molecule has 0 bridgehead atoms. The Bertz CT molecular complexity index is 1010. The molecule has 1 amide bonds. The summed E-state index contributed by atoms with van der Waals surface area (Å²) < 4.78 is 10.6. The number of ether oxygens (including phenoxy) is 2. The van der Waals surface area contributed by atoms with Crippen LogP contribution in [0.15, 0.2) is 30.6 Å². The molecule has 1 saturated carbocycles. The third-order valence-corrected chi connectivity index (χ3v) is 5.87. The second-order valence-electron chi connectivity index (χ2n) is 7.75. The number of aromatic nitrogens is 4. The van der Waals surface area contributed by atoms with Crippen molar-refractivity contribution in [1.29, 1.82) is 0 Å². The number of benzene rings is 1. The molecule has 0 saturated heterocycles. The van der Waals surface area contributed by atoms with E-state index in [1.165, 1.54) is 0 Å². The summed E-state index contributed by atoms with van der Waals surface area (Å²) in [6, 6.07) is 5.57. The maximum atomic E-state index is 12.4. The topological polar surface area (TPSA) is 102 Å². The number of rotatable bonds is 7. The quantitative estimate of drug-likeness (QED) is 0.622. The van der Waals surface area contributed by atoms with Crippen LogP contribution in [0.5, 0.6) is 11.5 Å². The van der Waals surface area contributed by atoms with Gasteiger partial charge in [-0.2, -0.15) is 5.10 Å². The van der Waals surface area contributed by atoms with Gasteiger partial charge in [0, 0.05) is 24.9 Å². The molecule has 0 unspecified atom stereocenters. The van der Waals surface area contributed by atoms with Gasteiger partial charge in [-0.25, -0.2) is 9.97 Å². The summed E-state index contributed by atoms with van der Waals surface area (Å²) in [5, 5.41) is 10.5. The molecule has 1 aromatic carbocycles. The Balaban J connectivity index is 1.26. The fourth-order valence-corrected chi connectivity index (χ4v) is 4.21. The highest BCUT2D eigenvalue weighted by Gasteiger charge is 2.26. The van der Waals surface area contributed by atoms with Gasteiger partial charge in [-0.15, -0.1) is 0 Å². The maximum Gasteiger partial charge on any atom is 0.224 e. The summed E-state index contributed by atoms with van der Waals surface area (Å²) in [6.07, 6.45) is 7.96. The molecule has 0 aliphatic heterocycles. The van der Waals surface area contributed by atoms with Crippen molar-refractivity contribution in [1.82, 2.24) is 25.5 Å². The molecule has 1 aliphatic carbocycles. The van der Waals surface area contributed by atoms with Crippen molar-refractivity contribution < 1.29 is 14.3 Å². The standard InChI is InChI=1S/C22H27N5O3/c1-29-17-8-5-15(11-18(17)30-2)12-19(28)25-13-14-3-6-16(7-4-14)20-21-22(27-26-20)24-10-9-23-21/h5,8-11,14,16H,3-4,6-7,12-13H2,1-2H3,(H,25,28)(H,24,26,27). The largest absolute Gasteiger partial charge is 0.493 e. The molecule has 158 valence electrons. The Morgan fingerprint density at radius 2 is 1.87 bits per heavy atom. The summed E-state index contributed by atoms with van der Waals surface area (Å²) in [5.41, 5.74) is 3.55. The lowest BCUT2D eigenvalue weighted by Gasteiger charge is -2.28. The van der Waals surface area contributed by atoms with Crippen molar-refractivity contribution in [3.8, 4) is 11.5 Å². The van der Waals surface area contributed by atoms with Gasteiger partial charge < -0.3 is 14.8 Å². The minimum absolute atomic E-state index is 0.0270. The lowest BCUT2D eigenvalue weighted by atomic mass is 9.80. The van der Waals surface area contributed by atoms with Gasteiger partial charge in [0.15, 0.2) is 17.1 Å². The zero-order valence-electron chi connectivity index (χ0n) is 17.4. The molecular formula is C22H27N5O3. The van der Waals surface area contributed by atoms with Crippen LogP contribution in [-0.4, -0.2) is 46.8 Å². The van der Waals surface area contributed by atoms with Gasteiger partial charge in [0.1, 0.15) is 5.52 Å². The van der Waals surface area contributed by atoms with E-state index in [1.54, 1.807) is 26.6 Å². The number of H-pyrrole nitrogens is 1. The molecule has 2 aromatic heterocycles. The van der Waals surface area contributed by atoms with Crippen LogP contribution in [0.3, 0.4) is 0 Å². The second-order valence-corrected chi connectivity index (χ2v) is 7.75. The molecule has 3 aromatic rings. The summed E-state index contributed by atoms with van der Waals surface area (Å²) in [6.45, 7) is 0.711. The zero-order valence-corrected chi connectivity index (χ0v) is 17.4. The lowest BCUT2D eigenvalue weighted by Crippen LogP contribution is -2.32. The van der Waals surface area contributed by atoms with Crippen LogP contribution in [0.2, 0.25) is 0 Å². The predicted molar refractivity (Wildman–Crippen MR) is 113 cm³/mol. The fourth-order valence-electron chi connectivity index (χ4n) is 4.21. The van der Waals surface area contributed by atoms with Crippen molar-refractivity contribution in [2.45, 2.75) is 38.0 Å². The number of fused-ring (bicyclic) bond motifs is 1. The molecule has 30 heavy (non-hydrogen) atoms. The first-order chi connectivity index (χ1) is 14.7. The number of aromatic amines is 1. The summed E-state index contributed by atoms with van der Waals surface area (Å²) in [7, 11) is 3.19. The van der Waals surface area contributed by atoms with E-state index in [0.717, 1.165) is 42.5 Å². The molecule has 4 rings (SSSR count). The van der Waals surface area contributed by atoms with Gasteiger partial charge in [0.25, 0.3) is 0 Å². The van der Waals surface area contributed by atoms with Crippen LogP contribution in [0, 0.1) is 5.92 Å². The highest BCUT2D eigenvalue weighted by atomic mass is 16.5. The molecule has 2 N–H and O–H groups in total. The molecule has 0 radical (unpaired) electrons. The van der Waals surface area contributed by atoms with Crippen molar-refractivity contribution in [3.05, 3.63) is 41.9 Å².